The molecule has 3 heterocycles. The van der Waals surface area contributed by atoms with E-state index in [4.69, 9.17) is 4.74 Å². The fourth-order valence-electron chi connectivity index (χ4n) is 4.01. The number of pyridine rings is 1. The highest BCUT2D eigenvalue weighted by atomic mass is 19.1. The van der Waals surface area contributed by atoms with Crippen LogP contribution in [0.4, 0.5) is 4.39 Å². The molecule has 0 saturated carbocycles. The summed E-state index contributed by atoms with van der Waals surface area (Å²) >= 11 is 0. The molecule has 0 fully saturated rings. The van der Waals surface area contributed by atoms with Crippen LogP contribution in [0, 0.1) is 19.7 Å². The van der Waals surface area contributed by atoms with Crippen molar-refractivity contribution < 1.29 is 9.13 Å². The average molecular weight is 436 g/mol. The Morgan fingerprint density at radius 2 is 1.91 bits per heavy atom. The lowest BCUT2D eigenvalue weighted by molar-refractivity contribution is 0.321. The molecular weight excluding hydrogens is 405 g/mol. The standard InChI is InChI=1S/C25H30FN5O/c1-17-22(18(2)30(5)28-17)11-13-32-24-14-20(26)7-8-23(24)19-6-9-25-27-15-21(31(25)16-19)10-12-29(3)4/h6-9,14-16H,10-13H2,1-5H3. The van der Waals surface area contributed by atoms with Gasteiger partial charge in [-0.2, -0.15) is 5.10 Å². The molecule has 0 saturated heterocycles. The molecule has 3 aromatic heterocycles. The van der Waals surface area contributed by atoms with Crippen molar-refractivity contribution in [3.63, 3.8) is 0 Å². The summed E-state index contributed by atoms with van der Waals surface area (Å²) in [4.78, 5) is 6.67. The Hall–Kier alpha value is -3.19. The van der Waals surface area contributed by atoms with Crippen LogP contribution in [0.3, 0.4) is 0 Å². The monoisotopic (exact) mass is 435 g/mol. The van der Waals surface area contributed by atoms with E-state index in [0.29, 0.717) is 12.4 Å². The lowest BCUT2D eigenvalue weighted by atomic mass is 10.1. The number of rotatable bonds is 8. The van der Waals surface area contributed by atoms with Gasteiger partial charge in [0, 0.05) is 67.4 Å². The number of hydrogen-bond donors (Lipinski definition) is 0. The van der Waals surface area contributed by atoms with Crippen LogP contribution in [0.15, 0.2) is 42.7 Å². The van der Waals surface area contributed by atoms with Crippen LogP contribution in [0.25, 0.3) is 16.8 Å². The van der Waals surface area contributed by atoms with Crippen molar-refractivity contribution in [3.05, 3.63) is 71.2 Å². The van der Waals surface area contributed by atoms with Crippen molar-refractivity contribution in [1.29, 1.82) is 0 Å². The van der Waals surface area contributed by atoms with Crippen molar-refractivity contribution in [3.8, 4) is 16.9 Å². The summed E-state index contributed by atoms with van der Waals surface area (Å²) in [6.07, 6.45) is 5.59. The molecule has 0 aliphatic carbocycles. The van der Waals surface area contributed by atoms with Crippen LogP contribution in [0.1, 0.15) is 22.6 Å². The summed E-state index contributed by atoms with van der Waals surface area (Å²) in [5, 5.41) is 4.46. The molecule has 0 aliphatic rings. The Balaban J connectivity index is 1.60. The number of benzene rings is 1. The number of halogens is 1. The number of likely N-dealkylation sites (N-methyl/N-ethyl adjacent to an activating group) is 1. The highest BCUT2D eigenvalue weighted by Gasteiger charge is 2.13. The molecule has 0 unspecified atom stereocenters. The molecule has 0 aliphatic heterocycles. The normalized spacial score (nSPS) is 11.6. The lowest BCUT2D eigenvalue weighted by Gasteiger charge is -2.13. The topological polar surface area (TPSA) is 47.6 Å². The van der Waals surface area contributed by atoms with Gasteiger partial charge in [-0.3, -0.25) is 4.68 Å². The molecule has 0 N–H and O–H groups in total. The van der Waals surface area contributed by atoms with Gasteiger partial charge >= 0.3 is 0 Å². The number of fused-ring (bicyclic) bond motifs is 1. The van der Waals surface area contributed by atoms with Crippen molar-refractivity contribution in [2.75, 3.05) is 27.2 Å². The van der Waals surface area contributed by atoms with E-state index in [1.807, 2.05) is 37.0 Å². The van der Waals surface area contributed by atoms with Gasteiger partial charge < -0.3 is 14.0 Å². The minimum atomic E-state index is -0.312. The minimum Gasteiger partial charge on any atom is -0.492 e. The molecule has 7 heteroatoms. The van der Waals surface area contributed by atoms with E-state index < -0.39 is 0 Å². The fourth-order valence-corrected chi connectivity index (χ4v) is 4.01. The lowest BCUT2D eigenvalue weighted by Crippen LogP contribution is -2.15. The van der Waals surface area contributed by atoms with Gasteiger partial charge in [0.2, 0.25) is 0 Å². The molecule has 1 aromatic carbocycles. The minimum absolute atomic E-state index is 0.312. The second-order valence-corrected chi connectivity index (χ2v) is 8.46. The number of hydrogen-bond acceptors (Lipinski definition) is 4. The van der Waals surface area contributed by atoms with Gasteiger partial charge in [0.15, 0.2) is 0 Å². The third kappa shape index (κ3) is 4.53. The highest BCUT2D eigenvalue weighted by Crippen LogP contribution is 2.31. The first-order chi connectivity index (χ1) is 15.3. The molecule has 4 rings (SSSR count). The number of aryl methyl sites for hydroxylation is 2. The second kappa shape index (κ2) is 9.12. The van der Waals surface area contributed by atoms with Gasteiger partial charge in [0.05, 0.1) is 12.3 Å². The van der Waals surface area contributed by atoms with E-state index in [1.54, 1.807) is 6.07 Å². The zero-order valence-corrected chi connectivity index (χ0v) is 19.4. The number of ether oxygens (including phenoxy) is 1. The predicted octanol–water partition coefficient (Wildman–Crippen LogP) is 4.22. The van der Waals surface area contributed by atoms with E-state index in [2.05, 4.69) is 46.6 Å². The molecule has 0 atom stereocenters. The van der Waals surface area contributed by atoms with Crippen LogP contribution in [-0.2, 0) is 19.9 Å². The summed E-state index contributed by atoms with van der Waals surface area (Å²) in [5.74, 6) is 0.228. The Kier molecular flexibility index (Phi) is 6.28. The van der Waals surface area contributed by atoms with E-state index >= 15 is 0 Å². The van der Waals surface area contributed by atoms with Gasteiger partial charge in [0.1, 0.15) is 17.2 Å². The maximum absolute atomic E-state index is 14.1. The second-order valence-electron chi connectivity index (χ2n) is 8.46. The van der Waals surface area contributed by atoms with Crippen molar-refractivity contribution >= 4 is 5.65 Å². The van der Waals surface area contributed by atoms with Crippen LogP contribution < -0.4 is 4.74 Å². The summed E-state index contributed by atoms with van der Waals surface area (Å²) in [6, 6.07) is 8.71. The van der Waals surface area contributed by atoms with E-state index in [9.17, 15) is 4.39 Å². The third-order valence-corrected chi connectivity index (χ3v) is 5.92. The third-order valence-electron chi connectivity index (χ3n) is 5.92. The van der Waals surface area contributed by atoms with E-state index in [-0.39, 0.29) is 5.82 Å². The van der Waals surface area contributed by atoms with Gasteiger partial charge in [-0.15, -0.1) is 0 Å². The molecule has 0 radical (unpaired) electrons. The first-order valence-electron chi connectivity index (χ1n) is 10.9. The summed E-state index contributed by atoms with van der Waals surface area (Å²) in [7, 11) is 6.06. The number of aromatic nitrogens is 4. The summed E-state index contributed by atoms with van der Waals surface area (Å²) < 4.78 is 24.2. The van der Waals surface area contributed by atoms with Gasteiger partial charge in [-0.25, -0.2) is 9.37 Å². The molecule has 0 amide bonds. The van der Waals surface area contributed by atoms with Crippen molar-refractivity contribution in [2.45, 2.75) is 26.7 Å². The van der Waals surface area contributed by atoms with Crippen molar-refractivity contribution in [1.82, 2.24) is 24.1 Å². The van der Waals surface area contributed by atoms with Crippen LogP contribution >= 0.6 is 0 Å². The fraction of sp³-hybridized carbons (Fsp3) is 0.360. The van der Waals surface area contributed by atoms with Gasteiger partial charge in [0.25, 0.3) is 0 Å². The zero-order chi connectivity index (χ0) is 22.8. The molecule has 168 valence electrons. The zero-order valence-electron chi connectivity index (χ0n) is 19.4. The van der Waals surface area contributed by atoms with Crippen LogP contribution in [-0.4, -0.2) is 51.3 Å². The smallest absolute Gasteiger partial charge is 0.136 e. The van der Waals surface area contributed by atoms with E-state index in [1.165, 1.54) is 17.7 Å². The highest BCUT2D eigenvalue weighted by molar-refractivity contribution is 5.71. The van der Waals surface area contributed by atoms with Crippen LogP contribution in [0.2, 0.25) is 0 Å². The van der Waals surface area contributed by atoms with Crippen molar-refractivity contribution in [2.24, 2.45) is 7.05 Å². The Morgan fingerprint density at radius 3 is 2.62 bits per heavy atom. The number of imidazole rings is 1. The Morgan fingerprint density at radius 1 is 1.09 bits per heavy atom. The maximum atomic E-state index is 14.1. The molecular formula is C25H30FN5O. The van der Waals surface area contributed by atoms with Gasteiger partial charge in [-0.1, -0.05) is 0 Å². The SMILES string of the molecule is Cc1nn(C)c(C)c1CCOc1cc(F)ccc1-c1ccc2ncc(CCN(C)C)n2c1. The first-order valence-corrected chi connectivity index (χ1v) is 10.9. The predicted molar refractivity (Wildman–Crippen MR) is 125 cm³/mol. The molecule has 32 heavy (non-hydrogen) atoms. The largest absolute Gasteiger partial charge is 0.492 e. The van der Waals surface area contributed by atoms with E-state index in [0.717, 1.165) is 53.2 Å². The molecule has 6 nitrogen and oxygen atoms in total. The molecule has 4 aromatic rings. The Bertz CT molecular complexity index is 1240. The Labute approximate surface area is 188 Å². The molecule has 0 bridgehead atoms. The summed E-state index contributed by atoms with van der Waals surface area (Å²) in [5.41, 5.74) is 7.17. The van der Waals surface area contributed by atoms with Crippen LogP contribution in [0.5, 0.6) is 5.75 Å². The first kappa shape index (κ1) is 22.0. The number of nitrogens with zero attached hydrogens (tertiary/aromatic N) is 5. The summed E-state index contributed by atoms with van der Waals surface area (Å²) in [6.45, 7) is 5.45. The average Bonchev–Trinajstić information content (AvgIpc) is 3.27. The maximum Gasteiger partial charge on any atom is 0.136 e. The quantitative estimate of drug-likeness (QED) is 0.416. The molecule has 0 spiro atoms. The van der Waals surface area contributed by atoms with Gasteiger partial charge in [-0.05, 0) is 57.8 Å².